The first kappa shape index (κ1) is 42.9. The fraction of sp³-hybridized carbons (Fsp3) is 0. The van der Waals surface area contributed by atoms with Gasteiger partial charge in [-0.05, 0) is 82.7 Å². The van der Waals surface area contributed by atoms with Gasteiger partial charge in [0.25, 0.3) is 6.71 Å². The van der Waals surface area contributed by atoms with Crippen molar-refractivity contribution >= 4 is 110 Å². The Kier molecular flexibility index (Phi) is 9.09. The molecule has 7 nitrogen and oxygen atoms in total. The summed E-state index contributed by atoms with van der Waals surface area (Å²) in [6, 6.07) is 93.8. The zero-order chi connectivity index (χ0) is 51.0. The Balaban J connectivity index is 1.08. The highest BCUT2D eigenvalue weighted by atomic mass is 16.5. The van der Waals surface area contributed by atoms with Crippen molar-refractivity contribution in [2.24, 2.45) is 0 Å². The van der Waals surface area contributed by atoms with Crippen LogP contribution in [0.15, 0.2) is 261 Å². The van der Waals surface area contributed by atoms with Gasteiger partial charge in [-0.2, -0.15) is 0 Å². The average Bonchev–Trinajstić information content (AvgIpc) is 4.40. The van der Waals surface area contributed by atoms with Crippen molar-refractivity contribution in [1.29, 1.82) is 0 Å². The molecule has 1 aliphatic rings. The van der Waals surface area contributed by atoms with Crippen LogP contribution >= 0.6 is 0 Å². The van der Waals surface area contributed by atoms with E-state index in [1.54, 1.807) is 0 Å². The van der Waals surface area contributed by atoms with Gasteiger partial charge in [0.1, 0.15) is 11.6 Å². The molecule has 17 rings (SSSR count). The lowest BCUT2D eigenvalue weighted by atomic mass is 9.35. The lowest BCUT2D eigenvalue weighted by Gasteiger charge is -2.32. The van der Waals surface area contributed by atoms with Gasteiger partial charge in [-0.15, -0.1) is 0 Å². The third kappa shape index (κ3) is 6.05. The summed E-state index contributed by atoms with van der Waals surface area (Å²) in [6.07, 6.45) is 0. The quantitative estimate of drug-likeness (QED) is 0.156. The summed E-state index contributed by atoms with van der Waals surface area (Å²) in [6.45, 7) is -0.413. The van der Waals surface area contributed by atoms with E-state index in [4.69, 9.17) is 14.7 Å². The van der Waals surface area contributed by atoms with Gasteiger partial charge in [-0.1, -0.05) is 206 Å². The summed E-state index contributed by atoms with van der Waals surface area (Å²) in [7, 11) is 0. The molecule has 78 heavy (non-hydrogen) atoms. The molecule has 10 aromatic carbocycles. The Hall–Kier alpha value is -10.4. The predicted molar refractivity (Wildman–Crippen MR) is 322 cm³/mol. The second kappa shape index (κ2) is 16.5. The normalized spacial score (nSPS) is 12.4. The number of ether oxygens (including phenoxy) is 1. The number of rotatable bonds is 6. The van der Waals surface area contributed by atoms with E-state index in [2.05, 4.69) is 279 Å². The third-order valence-electron chi connectivity index (χ3n) is 16.3. The molecule has 0 radical (unpaired) electrons. The number of aromatic nitrogens is 6. The first-order valence-corrected chi connectivity index (χ1v) is 26.6. The second-order valence-electron chi connectivity index (χ2n) is 20.4. The van der Waals surface area contributed by atoms with Gasteiger partial charge in [0, 0.05) is 43.1 Å². The molecule has 0 fully saturated rings. The van der Waals surface area contributed by atoms with Crippen LogP contribution in [-0.4, -0.2) is 34.9 Å². The highest BCUT2D eigenvalue weighted by Gasteiger charge is 2.41. The van der Waals surface area contributed by atoms with Gasteiger partial charge in [0.2, 0.25) is 0 Å². The van der Waals surface area contributed by atoms with Crippen LogP contribution in [0, 0.1) is 0 Å². The van der Waals surface area contributed by atoms with Gasteiger partial charge < -0.3 is 4.74 Å². The smallest absolute Gasteiger partial charge is 0.252 e. The van der Waals surface area contributed by atoms with Gasteiger partial charge >= 0.3 is 0 Å². The van der Waals surface area contributed by atoms with Crippen LogP contribution in [0.2, 0.25) is 0 Å². The van der Waals surface area contributed by atoms with Crippen molar-refractivity contribution in [3.63, 3.8) is 0 Å². The van der Waals surface area contributed by atoms with E-state index in [-0.39, 0.29) is 0 Å². The zero-order valence-corrected chi connectivity index (χ0v) is 42.0. The van der Waals surface area contributed by atoms with Gasteiger partial charge in [-0.25, -0.2) is 9.97 Å². The molecule has 0 aliphatic carbocycles. The predicted octanol–water partition coefficient (Wildman–Crippen LogP) is 15.2. The van der Waals surface area contributed by atoms with Crippen LogP contribution < -0.4 is 21.1 Å². The molecule has 0 amide bonds. The maximum absolute atomic E-state index is 7.99. The molecule has 7 heterocycles. The number of benzene rings is 10. The molecule has 0 saturated heterocycles. The van der Waals surface area contributed by atoms with Crippen LogP contribution in [0.1, 0.15) is 0 Å². The van der Waals surface area contributed by atoms with E-state index in [1.807, 2.05) is 0 Å². The maximum atomic E-state index is 7.99. The summed E-state index contributed by atoms with van der Waals surface area (Å²) in [5.41, 5.74) is 13.8. The van der Waals surface area contributed by atoms with E-state index in [0.717, 1.165) is 126 Å². The highest BCUT2D eigenvalue weighted by molar-refractivity contribution is 6.98. The molecular weight excluding hydrogens is 952 g/mol. The van der Waals surface area contributed by atoms with E-state index in [1.165, 1.54) is 0 Å². The Bertz CT molecular complexity index is 4670. The van der Waals surface area contributed by atoms with Crippen LogP contribution in [0.5, 0.6) is 11.5 Å². The van der Waals surface area contributed by atoms with Crippen molar-refractivity contribution in [3.8, 4) is 45.9 Å². The zero-order valence-electron chi connectivity index (χ0n) is 42.0. The third-order valence-corrected chi connectivity index (χ3v) is 16.3. The van der Waals surface area contributed by atoms with Crippen molar-refractivity contribution < 1.29 is 4.74 Å². The van der Waals surface area contributed by atoms with Crippen LogP contribution in [0.3, 0.4) is 0 Å². The molecule has 8 heteroatoms. The molecule has 0 spiro atoms. The lowest BCUT2D eigenvalue weighted by Crippen LogP contribution is -2.56. The largest absolute Gasteiger partial charge is 0.451 e. The fourth-order valence-electron chi connectivity index (χ4n) is 13.1. The number of para-hydroxylation sites is 8. The number of fused-ring (bicyclic) bond motifs is 14. The van der Waals surface area contributed by atoms with Crippen molar-refractivity contribution in [1.82, 2.24) is 28.2 Å². The van der Waals surface area contributed by atoms with E-state index in [9.17, 15) is 0 Å². The summed E-state index contributed by atoms with van der Waals surface area (Å²) in [4.78, 5) is 11.9. The summed E-state index contributed by atoms with van der Waals surface area (Å²) < 4.78 is 17.3. The standard InChI is InChI=1S/C70H43BN6O/c1-2-22-44(23-3-1)45-24-4-13-33-54(45)71-55-42-65(74-57-34-14-5-25-46(57)47-26-6-15-35-58(47)74)72-69(76-61-38-18-9-29-50(61)51-30-10-19-39-62(51)76)67(55)78-68-56(71)43-66(75-59-36-16-7-27-48(59)49-28-8-17-37-60(49)75)73-70(68)77-63-40-20-11-31-52(63)53-32-12-21-41-64(53)77/h1-43H. The number of nitrogens with zero attached hydrogens (tertiary/aromatic N) is 6. The van der Waals surface area contributed by atoms with E-state index >= 15 is 0 Å². The second-order valence-corrected chi connectivity index (χ2v) is 20.4. The van der Waals surface area contributed by atoms with Crippen molar-refractivity contribution in [2.45, 2.75) is 0 Å². The van der Waals surface area contributed by atoms with Crippen LogP contribution in [-0.2, 0) is 0 Å². The molecule has 0 unspecified atom stereocenters. The fourth-order valence-corrected chi connectivity index (χ4v) is 13.1. The summed E-state index contributed by atoms with van der Waals surface area (Å²) in [5.74, 6) is 4.29. The van der Waals surface area contributed by atoms with Crippen LogP contribution in [0.25, 0.3) is 122 Å². The van der Waals surface area contributed by atoms with Gasteiger partial charge in [0.05, 0.1) is 44.1 Å². The van der Waals surface area contributed by atoms with Gasteiger partial charge in [0.15, 0.2) is 23.1 Å². The Labute approximate surface area is 447 Å². The summed E-state index contributed by atoms with van der Waals surface area (Å²) >= 11 is 0. The van der Waals surface area contributed by atoms with E-state index < -0.39 is 6.71 Å². The maximum Gasteiger partial charge on any atom is 0.252 e. The first-order chi connectivity index (χ1) is 38.7. The average molecular weight is 995 g/mol. The van der Waals surface area contributed by atoms with Crippen molar-refractivity contribution in [3.05, 3.63) is 261 Å². The molecule has 16 aromatic rings. The number of hydrogen-bond acceptors (Lipinski definition) is 3. The molecule has 6 aromatic heterocycles. The summed E-state index contributed by atoms with van der Waals surface area (Å²) in [5, 5.41) is 9.20. The molecular formula is C70H43BN6O. The first-order valence-electron chi connectivity index (χ1n) is 26.6. The minimum Gasteiger partial charge on any atom is -0.451 e. The van der Waals surface area contributed by atoms with E-state index in [0.29, 0.717) is 23.1 Å². The molecule has 1 aliphatic heterocycles. The SMILES string of the molecule is c1ccc(-c2ccccc2B2c3cc(-n4c5ccccc5c5ccccc54)nc(-n4c5ccccc5c5ccccc54)c3Oc3c2cc(-n2c4ccccc4c4ccccc42)nc3-n2c3ccccc3c3ccccc32)cc1. The topological polar surface area (TPSA) is 54.7 Å². The minimum atomic E-state index is -0.413. The highest BCUT2D eigenvalue weighted by Crippen LogP contribution is 2.43. The van der Waals surface area contributed by atoms with Gasteiger partial charge in [-0.3, -0.25) is 18.3 Å². The molecule has 0 bridgehead atoms. The number of hydrogen-bond donors (Lipinski definition) is 0. The molecule has 362 valence electrons. The lowest BCUT2D eigenvalue weighted by molar-refractivity contribution is 0.478. The molecule has 0 N–H and O–H groups in total. The monoisotopic (exact) mass is 994 g/mol. The Morgan fingerprint density at radius 1 is 0.269 bits per heavy atom. The minimum absolute atomic E-state index is 0.413. The molecule has 0 atom stereocenters. The van der Waals surface area contributed by atoms with Crippen LogP contribution in [0.4, 0.5) is 0 Å². The Morgan fingerprint density at radius 2 is 0.551 bits per heavy atom. The molecule has 0 saturated carbocycles. The number of pyridine rings is 2. The van der Waals surface area contributed by atoms with Crippen molar-refractivity contribution in [2.75, 3.05) is 0 Å². The Morgan fingerprint density at radius 3 is 0.897 bits per heavy atom.